The highest BCUT2D eigenvalue weighted by molar-refractivity contribution is 7.80. The van der Waals surface area contributed by atoms with Crippen LogP contribution in [-0.4, -0.2) is 12.1 Å². The number of halogens is 2. The molecule has 2 aromatic rings. The number of hydrogen-bond acceptors (Lipinski definition) is 4. The molecule has 0 saturated heterocycles. The first-order valence-corrected chi connectivity index (χ1v) is 5.62. The third-order valence-corrected chi connectivity index (χ3v) is 3.24. The van der Waals surface area contributed by atoms with Crippen molar-refractivity contribution >= 4 is 24.0 Å². The number of hydrogen-bond donors (Lipinski definition) is 1. The summed E-state index contributed by atoms with van der Waals surface area (Å²) in [4.78, 5) is 3.97. The Balaban J connectivity index is 2.54. The molecule has 0 unspecified atom stereocenters. The van der Waals surface area contributed by atoms with Crippen LogP contribution in [0.2, 0.25) is 0 Å². The van der Waals surface area contributed by atoms with Gasteiger partial charge in [-0.25, -0.2) is 13.8 Å². The predicted molar refractivity (Wildman–Crippen MR) is 61.3 cm³/mol. The number of benzene rings is 1. The van der Waals surface area contributed by atoms with Crippen LogP contribution in [0.15, 0.2) is 22.5 Å². The number of nitrogens with zero attached hydrogens (tertiary/aromatic N) is 1. The van der Waals surface area contributed by atoms with Crippen molar-refractivity contribution in [3.8, 4) is 16.3 Å². The normalized spacial score (nSPS) is 10.5. The zero-order valence-corrected chi connectivity index (χ0v) is 9.91. The van der Waals surface area contributed by atoms with Crippen LogP contribution in [0, 0.1) is 11.6 Å². The van der Waals surface area contributed by atoms with Gasteiger partial charge in [-0.05, 0) is 6.07 Å². The van der Waals surface area contributed by atoms with Gasteiger partial charge in [0, 0.05) is 17.0 Å². The number of aromatic nitrogens is 1. The highest BCUT2D eigenvalue weighted by atomic mass is 32.1. The van der Waals surface area contributed by atoms with Gasteiger partial charge in [-0.3, -0.25) is 0 Å². The SMILES string of the molecule is COc1cc(F)c(-c2nc(S)cs2)cc1F. The molecule has 0 fully saturated rings. The lowest BCUT2D eigenvalue weighted by Crippen LogP contribution is -1.92. The summed E-state index contributed by atoms with van der Waals surface area (Å²) in [7, 11) is 1.28. The maximum absolute atomic E-state index is 13.6. The number of rotatable bonds is 2. The monoisotopic (exact) mass is 259 g/mol. The molecule has 0 atom stereocenters. The first-order valence-electron chi connectivity index (χ1n) is 4.29. The minimum atomic E-state index is -0.616. The Morgan fingerprint density at radius 2 is 2.06 bits per heavy atom. The van der Waals surface area contributed by atoms with E-state index in [2.05, 4.69) is 22.3 Å². The average molecular weight is 259 g/mol. The van der Waals surface area contributed by atoms with E-state index in [-0.39, 0.29) is 11.3 Å². The van der Waals surface area contributed by atoms with Crippen LogP contribution < -0.4 is 4.74 Å². The van der Waals surface area contributed by atoms with Gasteiger partial charge >= 0.3 is 0 Å². The Hall–Kier alpha value is -1.14. The molecule has 0 aliphatic rings. The number of thiol groups is 1. The lowest BCUT2D eigenvalue weighted by Gasteiger charge is -2.04. The van der Waals surface area contributed by atoms with Crippen molar-refractivity contribution < 1.29 is 13.5 Å². The number of thiazole rings is 1. The van der Waals surface area contributed by atoms with Crippen molar-refractivity contribution in [3.05, 3.63) is 29.1 Å². The molecule has 1 aromatic carbocycles. The topological polar surface area (TPSA) is 22.1 Å². The fourth-order valence-corrected chi connectivity index (χ4v) is 2.27. The van der Waals surface area contributed by atoms with E-state index >= 15 is 0 Å². The van der Waals surface area contributed by atoms with E-state index in [0.29, 0.717) is 10.0 Å². The molecule has 0 N–H and O–H groups in total. The summed E-state index contributed by atoms with van der Waals surface area (Å²) in [5.74, 6) is -1.31. The van der Waals surface area contributed by atoms with Gasteiger partial charge in [0.15, 0.2) is 11.6 Å². The fourth-order valence-electron chi connectivity index (χ4n) is 1.24. The third-order valence-electron chi connectivity index (χ3n) is 1.96. The van der Waals surface area contributed by atoms with Crippen LogP contribution in [-0.2, 0) is 0 Å². The molecule has 0 saturated carbocycles. The minimum absolute atomic E-state index is 0.114. The Morgan fingerprint density at radius 3 is 2.62 bits per heavy atom. The van der Waals surface area contributed by atoms with Crippen molar-refractivity contribution in [3.63, 3.8) is 0 Å². The van der Waals surface area contributed by atoms with Crippen LogP contribution >= 0.6 is 24.0 Å². The van der Waals surface area contributed by atoms with E-state index in [1.54, 1.807) is 5.38 Å². The molecule has 0 amide bonds. The quantitative estimate of drug-likeness (QED) is 0.835. The van der Waals surface area contributed by atoms with Crippen LogP contribution in [0.3, 0.4) is 0 Å². The molecule has 84 valence electrons. The Bertz CT molecular complexity index is 528. The van der Waals surface area contributed by atoms with E-state index in [1.807, 2.05) is 0 Å². The number of methoxy groups -OCH3 is 1. The molecule has 1 aromatic heterocycles. The van der Waals surface area contributed by atoms with Gasteiger partial charge < -0.3 is 4.74 Å². The standard InChI is InChI=1S/C10H7F2NOS2/c1-14-8-3-6(11)5(2-7(8)12)10-13-9(15)4-16-10/h2-4,15H,1H3. The van der Waals surface area contributed by atoms with Crippen LogP contribution in [0.1, 0.15) is 0 Å². The van der Waals surface area contributed by atoms with Crippen molar-refractivity contribution in [2.45, 2.75) is 5.03 Å². The molecule has 0 aliphatic carbocycles. The van der Waals surface area contributed by atoms with Crippen molar-refractivity contribution in [2.24, 2.45) is 0 Å². The first kappa shape index (κ1) is 11.3. The maximum Gasteiger partial charge on any atom is 0.165 e. The van der Waals surface area contributed by atoms with Gasteiger partial charge in [-0.2, -0.15) is 0 Å². The maximum atomic E-state index is 13.6. The second-order valence-corrected chi connectivity index (χ2v) is 4.29. The highest BCUT2D eigenvalue weighted by Crippen LogP contribution is 2.31. The summed E-state index contributed by atoms with van der Waals surface area (Å²) in [5, 5.41) is 2.53. The molecule has 1 heterocycles. The van der Waals surface area contributed by atoms with Crippen molar-refractivity contribution in [1.82, 2.24) is 4.98 Å². The van der Waals surface area contributed by atoms with Crippen molar-refractivity contribution in [1.29, 1.82) is 0 Å². The molecule has 2 rings (SSSR count). The van der Waals surface area contributed by atoms with Gasteiger partial charge in [-0.15, -0.1) is 24.0 Å². The van der Waals surface area contributed by atoms with E-state index in [9.17, 15) is 8.78 Å². The molecule has 0 bridgehead atoms. The molecular formula is C10H7F2NOS2. The second-order valence-electron chi connectivity index (χ2n) is 2.98. The predicted octanol–water partition coefficient (Wildman–Crippen LogP) is 3.39. The molecule has 0 aliphatic heterocycles. The molecule has 2 nitrogen and oxygen atoms in total. The van der Waals surface area contributed by atoms with Crippen LogP contribution in [0.5, 0.6) is 5.75 Å². The minimum Gasteiger partial charge on any atom is -0.494 e. The van der Waals surface area contributed by atoms with E-state index in [4.69, 9.17) is 0 Å². The zero-order chi connectivity index (χ0) is 11.7. The Labute approximate surface area is 100 Å². The summed E-state index contributed by atoms with van der Waals surface area (Å²) in [6, 6.07) is 2.07. The summed E-state index contributed by atoms with van der Waals surface area (Å²) < 4.78 is 31.7. The molecule has 0 radical (unpaired) electrons. The summed E-state index contributed by atoms with van der Waals surface area (Å²) in [6.07, 6.45) is 0. The molecule has 16 heavy (non-hydrogen) atoms. The van der Waals surface area contributed by atoms with E-state index in [0.717, 1.165) is 12.1 Å². The van der Waals surface area contributed by atoms with Crippen LogP contribution in [0.25, 0.3) is 10.6 Å². The largest absolute Gasteiger partial charge is 0.494 e. The average Bonchev–Trinajstić information content (AvgIpc) is 2.67. The second kappa shape index (κ2) is 4.39. The summed E-state index contributed by atoms with van der Waals surface area (Å²) in [6.45, 7) is 0. The summed E-state index contributed by atoms with van der Waals surface area (Å²) >= 11 is 5.22. The third kappa shape index (κ3) is 2.03. The summed E-state index contributed by atoms with van der Waals surface area (Å²) in [5.41, 5.74) is 0.114. The fraction of sp³-hybridized carbons (Fsp3) is 0.100. The zero-order valence-electron chi connectivity index (χ0n) is 8.20. The van der Waals surface area contributed by atoms with Gasteiger partial charge in [0.2, 0.25) is 0 Å². The lowest BCUT2D eigenvalue weighted by molar-refractivity contribution is 0.383. The lowest BCUT2D eigenvalue weighted by atomic mass is 10.2. The first-order chi connectivity index (χ1) is 7.61. The van der Waals surface area contributed by atoms with E-state index < -0.39 is 11.6 Å². The highest BCUT2D eigenvalue weighted by Gasteiger charge is 2.14. The Morgan fingerprint density at radius 1 is 1.31 bits per heavy atom. The van der Waals surface area contributed by atoms with Crippen LogP contribution in [0.4, 0.5) is 8.78 Å². The van der Waals surface area contributed by atoms with Gasteiger partial charge in [-0.1, -0.05) is 0 Å². The van der Waals surface area contributed by atoms with Gasteiger partial charge in [0.1, 0.15) is 15.9 Å². The Kier molecular flexibility index (Phi) is 3.11. The van der Waals surface area contributed by atoms with Gasteiger partial charge in [0.05, 0.1) is 7.11 Å². The van der Waals surface area contributed by atoms with E-state index in [1.165, 1.54) is 18.4 Å². The molecule has 6 heteroatoms. The molecular weight excluding hydrogens is 252 g/mol. The number of ether oxygens (including phenoxy) is 1. The van der Waals surface area contributed by atoms with Crippen molar-refractivity contribution in [2.75, 3.05) is 7.11 Å². The molecule has 0 spiro atoms. The van der Waals surface area contributed by atoms with Gasteiger partial charge in [0.25, 0.3) is 0 Å². The smallest absolute Gasteiger partial charge is 0.165 e.